The minimum Gasteiger partial charge on any atom is -0.316 e. The van der Waals surface area contributed by atoms with Crippen molar-refractivity contribution in [2.45, 2.75) is 18.8 Å². The van der Waals surface area contributed by atoms with Crippen LogP contribution in [0.5, 0.6) is 0 Å². The van der Waals surface area contributed by atoms with E-state index in [4.69, 9.17) is 0 Å². The molecule has 0 radical (unpaired) electrons. The van der Waals surface area contributed by atoms with Gasteiger partial charge in [-0.25, -0.2) is 0 Å². The third kappa shape index (κ3) is 2.44. The molecule has 0 aliphatic carbocycles. The lowest BCUT2D eigenvalue weighted by Gasteiger charge is -2.23. The fourth-order valence-electron chi connectivity index (χ4n) is 1.90. The van der Waals surface area contributed by atoms with Gasteiger partial charge in [0.05, 0.1) is 0 Å². The second kappa shape index (κ2) is 4.42. The van der Waals surface area contributed by atoms with E-state index in [1.54, 1.807) is 0 Å². The molecule has 70 valence electrons. The zero-order valence-electron chi connectivity index (χ0n) is 7.59. The SMILES string of the molecule is Ic1cccc([C@H]2CCCNC2)c1. The number of rotatable bonds is 1. The van der Waals surface area contributed by atoms with E-state index < -0.39 is 0 Å². The van der Waals surface area contributed by atoms with Crippen molar-refractivity contribution in [3.63, 3.8) is 0 Å². The Kier molecular flexibility index (Phi) is 3.22. The fraction of sp³-hybridized carbons (Fsp3) is 0.455. The van der Waals surface area contributed by atoms with Crippen molar-refractivity contribution in [2.24, 2.45) is 0 Å². The standard InChI is InChI=1S/C11H14IN/c12-11-5-1-3-9(7-11)10-4-2-6-13-8-10/h1,3,5,7,10,13H,2,4,6,8H2/t10-/m0/s1. The molecule has 0 spiro atoms. The quantitative estimate of drug-likeness (QED) is 0.783. The Morgan fingerprint density at radius 1 is 1.38 bits per heavy atom. The predicted octanol–water partition coefficient (Wildman–Crippen LogP) is 2.76. The highest BCUT2D eigenvalue weighted by molar-refractivity contribution is 14.1. The van der Waals surface area contributed by atoms with Gasteiger partial charge in [-0.3, -0.25) is 0 Å². The molecule has 13 heavy (non-hydrogen) atoms. The number of hydrogen-bond donors (Lipinski definition) is 1. The summed E-state index contributed by atoms with van der Waals surface area (Å²) in [5.41, 5.74) is 1.50. The van der Waals surface area contributed by atoms with Crippen molar-refractivity contribution >= 4 is 22.6 Å². The molecule has 1 fully saturated rings. The second-order valence-corrected chi connectivity index (χ2v) is 4.84. The summed E-state index contributed by atoms with van der Waals surface area (Å²) in [5, 5.41) is 3.45. The van der Waals surface area contributed by atoms with Gasteiger partial charge < -0.3 is 5.32 Å². The van der Waals surface area contributed by atoms with E-state index in [1.165, 1.54) is 28.5 Å². The first kappa shape index (κ1) is 9.46. The molecule has 0 amide bonds. The van der Waals surface area contributed by atoms with Crippen molar-refractivity contribution < 1.29 is 0 Å². The van der Waals surface area contributed by atoms with E-state index in [0.29, 0.717) is 0 Å². The van der Waals surface area contributed by atoms with Crippen LogP contribution in [0.25, 0.3) is 0 Å². The lowest BCUT2D eigenvalue weighted by Crippen LogP contribution is -2.28. The fourth-order valence-corrected chi connectivity index (χ4v) is 2.46. The Balaban J connectivity index is 2.14. The van der Waals surface area contributed by atoms with Crippen LogP contribution in [0.15, 0.2) is 24.3 Å². The van der Waals surface area contributed by atoms with Crippen molar-refractivity contribution in [1.82, 2.24) is 5.32 Å². The maximum Gasteiger partial charge on any atom is 0.0133 e. The van der Waals surface area contributed by atoms with Crippen LogP contribution < -0.4 is 5.32 Å². The van der Waals surface area contributed by atoms with E-state index in [0.717, 1.165) is 12.5 Å². The molecule has 2 rings (SSSR count). The number of benzene rings is 1. The monoisotopic (exact) mass is 287 g/mol. The zero-order chi connectivity index (χ0) is 9.10. The summed E-state index contributed by atoms with van der Waals surface area (Å²) in [6.45, 7) is 2.35. The van der Waals surface area contributed by atoms with Crippen LogP contribution in [-0.4, -0.2) is 13.1 Å². The smallest absolute Gasteiger partial charge is 0.0133 e. The molecule has 1 N–H and O–H groups in total. The Morgan fingerprint density at radius 2 is 2.31 bits per heavy atom. The Labute approximate surface area is 93.1 Å². The molecule has 1 aliphatic heterocycles. The Morgan fingerprint density at radius 3 is 3.00 bits per heavy atom. The molecule has 0 bridgehead atoms. The van der Waals surface area contributed by atoms with Gasteiger partial charge in [0, 0.05) is 10.1 Å². The van der Waals surface area contributed by atoms with E-state index >= 15 is 0 Å². The molecular weight excluding hydrogens is 273 g/mol. The number of halogens is 1. The van der Waals surface area contributed by atoms with Crippen LogP contribution in [0.3, 0.4) is 0 Å². The van der Waals surface area contributed by atoms with Gasteiger partial charge in [0.25, 0.3) is 0 Å². The van der Waals surface area contributed by atoms with Crippen molar-refractivity contribution in [2.75, 3.05) is 13.1 Å². The van der Waals surface area contributed by atoms with Crippen LogP contribution in [0, 0.1) is 3.57 Å². The van der Waals surface area contributed by atoms with E-state index in [9.17, 15) is 0 Å². The maximum absolute atomic E-state index is 3.45. The van der Waals surface area contributed by atoms with Crippen LogP contribution in [-0.2, 0) is 0 Å². The molecule has 1 saturated heterocycles. The third-order valence-corrected chi connectivity index (χ3v) is 3.29. The summed E-state index contributed by atoms with van der Waals surface area (Å²) in [5.74, 6) is 0.739. The van der Waals surface area contributed by atoms with E-state index in [2.05, 4.69) is 52.2 Å². The molecule has 1 nitrogen and oxygen atoms in total. The van der Waals surface area contributed by atoms with Crippen LogP contribution in [0.2, 0.25) is 0 Å². The Bertz CT molecular complexity index is 279. The molecule has 0 unspecified atom stereocenters. The van der Waals surface area contributed by atoms with Gasteiger partial charge in [0.2, 0.25) is 0 Å². The molecule has 1 atom stereocenters. The summed E-state index contributed by atoms with van der Waals surface area (Å²) in [7, 11) is 0. The summed E-state index contributed by atoms with van der Waals surface area (Å²) in [4.78, 5) is 0. The average Bonchev–Trinajstić information content (AvgIpc) is 2.19. The predicted molar refractivity (Wildman–Crippen MR) is 64.0 cm³/mol. The lowest BCUT2D eigenvalue weighted by molar-refractivity contribution is 0.461. The van der Waals surface area contributed by atoms with Crippen molar-refractivity contribution in [3.05, 3.63) is 33.4 Å². The average molecular weight is 287 g/mol. The summed E-state index contributed by atoms with van der Waals surface area (Å²) >= 11 is 2.38. The molecule has 1 aromatic carbocycles. The summed E-state index contributed by atoms with van der Waals surface area (Å²) in [6, 6.07) is 8.87. The summed E-state index contributed by atoms with van der Waals surface area (Å²) in [6.07, 6.45) is 2.66. The first-order chi connectivity index (χ1) is 6.36. The van der Waals surface area contributed by atoms with Gasteiger partial charge in [0.15, 0.2) is 0 Å². The highest BCUT2D eigenvalue weighted by atomic mass is 127. The first-order valence-corrected chi connectivity index (χ1v) is 5.90. The molecule has 1 heterocycles. The van der Waals surface area contributed by atoms with Gasteiger partial charge in [-0.15, -0.1) is 0 Å². The Hall–Kier alpha value is -0.0900. The summed E-state index contributed by atoms with van der Waals surface area (Å²) < 4.78 is 1.35. The highest BCUT2D eigenvalue weighted by Crippen LogP contribution is 2.24. The third-order valence-electron chi connectivity index (χ3n) is 2.62. The zero-order valence-corrected chi connectivity index (χ0v) is 9.75. The number of nitrogens with one attached hydrogen (secondary N) is 1. The largest absolute Gasteiger partial charge is 0.316 e. The minimum absolute atomic E-state index is 0.739. The first-order valence-electron chi connectivity index (χ1n) is 4.82. The van der Waals surface area contributed by atoms with Gasteiger partial charge in [-0.1, -0.05) is 12.1 Å². The maximum atomic E-state index is 3.45. The molecule has 0 saturated carbocycles. The van der Waals surface area contributed by atoms with Crippen LogP contribution >= 0.6 is 22.6 Å². The van der Waals surface area contributed by atoms with Crippen LogP contribution in [0.4, 0.5) is 0 Å². The van der Waals surface area contributed by atoms with Gasteiger partial charge >= 0.3 is 0 Å². The molecule has 1 aromatic rings. The van der Waals surface area contributed by atoms with Gasteiger partial charge in [0.1, 0.15) is 0 Å². The highest BCUT2D eigenvalue weighted by Gasteiger charge is 2.14. The second-order valence-electron chi connectivity index (χ2n) is 3.60. The van der Waals surface area contributed by atoms with E-state index in [1.807, 2.05) is 0 Å². The van der Waals surface area contributed by atoms with Crippen molar-refractivity contribution in [1.29, 1.82) is 0 Å². The van der Waals surface area contributed by atoms with Gasteiger partial charge in [-0.2, -0.15) is 0 Å². The molecular formula is C11H14IN. The normalized spacial score (nSPS) is 23.0. The van der Waals surface area contributed by atoms with Crippen molar-refractivity contribution in [3.8, 4) is 0 Å². The topological polar surface area (TPSA) is 12.0 Å². The lowest BCUT2D eigenvalue weighted by atomic mass is 9.92. The van der Waals surface area contributed by atoms with Crippen LogP contribution in [0.1, 0.15) is 24.3 Å². The van der Waals surface area contributed by atoms with E-state index in [-0.39, 0.29) is 0 Å². The number of hydrogen-bond acceptors (Lipinski definition) is 1. The molecule has 2 heteroatoms. The minimum atomic E-state index is 0.739. The molecule has 1 aliphatic rings. The van der Waals surface area contributed by atoms with Gasteiger partial charge in [-0.05, 0) is 65.6 Å². The molecule has 0 aromatic heterocycles. The number of piperidine rings is 1.